The molecule has 1 amide bonds. The minimum absolute atomic E-state index is 0.0429. The van der Waals surface area contributed by atoms with E-state index in [9.17, 15) is 10.1 Å². The molecule has 0 spiro atoms. The summed E-state index contributed by atoms with van der Waals surface area (Å²) in [6.07, 6.45) is 7.76. The highest BCUT2D eigenvalue weighted by Gasteiger charge is 2.66. The van der Waals surface area contributed by atoms with Crippen LogP contribution in [0.5, 0.6) is 0 Å². The molecule has 2 bridgehead atoms. The van der Waals surface area contributed by atoms with E-state index in [4.69, 9.17) is 0 Å². The Morgan fingerprint density at radius 3 is 2.33 bits per heavy atom. The first-order valence-corrected chi connectivity index (χ1v) is 7.47. The van der Waals surface area contributed by atoms with Crippen LogP contribution in [0.15, 0.2) is 0 Å². The van der Waals surface area contributed by atoms with Crippen molar-refractivity contribution in [1.82, 2.24) is 5.32 Å². The van der Waals surface area contributed by atoms with E-state index in [1.807, 2.05) is 0 Å². The topological polar surface area (TPSA) is 52.9 Å². The predicted molar refractivity (Wildman–Crippen MR) is 66.3 cm³/mol. The average Bonchev–Trinajstić information content (AvgIpc) is 2.88. The van der Waals surface area contributed by atoms with Crippen LogP contribution < -0.4 is 5.32 Å². The SMILES string of the molecule is N#CC1(C(=O)NC2C3C4CCC(C4)C23)CCCC1. The zero-order chi connectivity index (χ0) is 12.3. The fraction of sp³-hybridized carbons (Fsp3) is 0.867. The van der Waals surface area contributed by atoms with Gasteiger partial charge in [-0.2, -0.15) is 5.26 Å². The molecule has 0 heterocycles. The number of amides is 1. The van der Waals surface area contributed by atoms with Crippen molar-refractivity contribution < 1.29 is 4.79 Å². The molecule has 0 aromatic rings. The molecule has 0 aliphatic heterocycles. The van der Waals surface area contributed by atoms with Crippen molar-refractivity contribution in [3.63, 3.8) is 0 Å². The smallest absolute Gasteiger partial charge is 0.240 e. The van der Waals surface area contributed by atoms with E-state index >= 15 is 0 Å². The first kappa shape index (κ1) is 10.8. The third-order valence-corrected chi connectivity index (χ3v) is 6.14. The van der Waals surface area contributed by atoms with Gasteiger partial charge in [-0.25, -0.2) is 0 Å². The maximum Gasteiger partial charge on any atom is 0.240 e. The van der Waals surface area contributed by atoms with Crippen LogP contribution in [-0.4, -0.2) is 11.9 Å². The molecule has 96 valence electrons. The average molecular weight is 244 g/mol. The molecule has 0 aromatic carbocycles. The van der Waals surface area contributed by atoms with Gasteiger partial charge in [0.15, 0.2) is 0 Å². The summed E-state index contributed by atoms with van der Waals surface area (Å²) in [5, 5.41) is 12.6. The van der Waals surface area contributed by atoms with Crippen molar-refractivity contribution in [3.8, 4) is 6.07 Å². The second-order valence-corrected chi connectivity index (χ2v) is 6.89. The van der Waals surface area contributed by atoms with Gasteiger partial charge in [-0.15, -0.1) is 0 Å². The van der Waals surface area contributed by atoms with Crippen molar-refractivity contribution in [2.75, 3.05) is 0 Å². The maximum atomic E-state index is 12.4. The van der Waals surface area contributed by atoms with Gasteiger partial charge in [0.25, 0.3) is 0 Å². The summed E-state index contributed by atoms with van der Waals surface area (Å²) in [6.45, 7) is 0. The summed E-state index contributed by atoms with van der Waals surface area (Å²) in [5.41, 5.74) is -0.685. The fourth-order valence-electron chi connectivity index (χ4n) is 5.18. The molecule has 4 saturated carbocycles. The zero-order valence-electron chi connectivity index (χ0n) is 10.7. The number of nitrogens with one attached hydrogen (secondary N) is 1. The quantitative estimate of drug-likeness (QED) is 0.810. The van der Waals surface area contributed by atoms with Gasteiger partial charge < -0.3 is 5.32 Å². The van der Waals surface area contributed by atoms with Gasteiger partial charge in [-0.3, -0.25) is 4.79 Å². The molecule has 1 N–H and O–H groups in total. The fourth-order valence-corrected chi connectivity index (χ4v) is 5.18. The summed E-state index contributed by atoms with van der Waals surface area (Å²) in [6, 6.07) is 2.73. The Bertz CT molecular complexity index is 416. The Labute approximate surface area is 108 Å². The molecule has 0 aromatic heterocycles. The molecule has 0 saturated heterocycles. The van der Waals surface area contributed by atoms with Gasteiger partial charge in [0.05, 0.1) is 6.07 Å². The molecule has 0 radical (unpaired) electrons. The predicted octanol–water partition coefficient (Wildman–Crippen LogP) is 2.23. The maximum absolute atomic E-state index is 12.4. The first-order valence-electron chi connectivity index (χ1n) is 7.47. The van der Waals surface area contributed by atoms with Gasteiger partial charge in [0, 0.05) is 6.04 Å². The summed E-state index contributed by atoms with van der Waals surface area (Å²) < 4.78 is 0. The lowest BCUT2D eigenvalue weighted by Gasteiger charge is -2.20. The second-order valence-electron chi connectivity index (χ2n) is 6.89. The molecule has 4 aliphatic rings. The number of carbonyl (C=O) groups is 1. The molecule has 3 heteroatoms. The molecular formula is C15H20N2O. The Morgan fingerprint density at radius 1 is 1.17 bits per heavy atom. The largest absolute Gasteiger partial charge is 0.351 e. The van der Waals surface area contributed by atoms with E-state index in [0.29, 0.717) is 6.04 Å². The van der Waals surface area contributed by atoms with Gasteiger partial charge in [-0.1, -0.05) is 12.8 Å². The van der Waals surface area contributed by atoms with Crippen LogP contribution in [0.3, 0.4) is 0 Å². The summed E-state index contributed by atoms with van der Waals surface area (Å²) >= 11 is 0. The van der Waals surface area contributed by atoms with Crippen LogP contribution in [0.1, 0.15) is 44.9 Å². The van der Waals surface area contributed by atoms with Gasteiger partial charge in [0.2, 0.25) is 5.91 Å². The highest BCUT2D eigenvalue weighted by molar-refractivity contribution is 5.86. The van der Waals surface area contributed by atoms with E-state index in [2.05, 4.69) is 11.4 Å². The highest BCUT2D eigenvalue weighted by Crippen LogP contribution is 2.65. The van der Waals surface area contributed by atoms with Crippen molar-refractivity contribution >= 4 is 5.91 Å². The summed E-state index contributed by atoms with van der Waals surface area (Å²) in [7, 11) is 0. The lowest BCUT2D eigenvalue weighted by Crippen LogP contribution is -2.41. The lowest BCUT2D eigenvalue weighted by atomic mass is 9.87. The zero-order valence-corrected chi connectivity index (χ0v) is 10.7. The molecule has 4 rings (SSSR count). The molecule has 4 fully saturated rings. The van der Waals surface area contributed by atoms with Crippen LogP contribution in [0.25, 0.3) is 0 Å². The number of hydrogen-bond donors (Lipinski definition) is 1. The number of hydrogen-bond acceptors (Lipinski definition) is 2. The normalized spacial score (nSPS) is 46.5. The standard InChI is InChI=1S/C15H20N2O/c16-8-15(5-1-2-6-15)14(18)17-13-11-9-3-4-10(7-9)12(11)13/h9-13H,1-7H2,(H,17,18). The minimum atomic E-state index is -0.685. The third-order valence-electron chi connectivity index (χ3n) is 6.14. The monoisotopic (exact) mass is 244 g/mol. The summed E-state index contributed by atoms with van der Waals surface area (Å²) in [5.74, 6) is 3.34. The Hall–Kier alpha value is -1.04. The van der Waals surface area contributed by atoms with E-state index in [-0.39, 0.29) is 5.91 Å². The molecular weight excluding hydrogens is 224 g/mol. The van der Waals surface area contributed by atoms with Crippen LogP contribution in [-0.2, 0) is 4.79 Å². The molecule has 4 atom stereocenters. The number of carbonyl (C=O) groups excluding carboxylic acids is 1. The number of rotatable bonds is 2. The second kappa shape index (κ2) is 3.50. The molecule has 4 aliphatic carbocycles. The third kappa shape index (κ3) is 1.27. The van der Waals surface area contributed by atoms with Crippen LogP contribution in [0.4, 0.5) is 0 Å². The van der Waals surface area contributed by atoms with Gasteiger partial charge in [-0.05, 0) is 55.8 Å². The lowest BCUT2D eigenvalue weighted by molar-refractivity contribution is -0.128. The van der Waals surface area contributed by atoms with Gasteiger partial charge in [0.1, 0.15) is 5.41 Å². The van der Waals surface area contributed by atoms with Crippen LogP contribution >= 0.6 is 0 Å². The Balaban J connectivity index is 1.45. The Morgan fingerprint density at radius 2 is 1.78 bits per heavy atom. The van der Waals surface area contributed by atoms with Crippen LogP contribution in [0, 0.1) is 40.4 Å². The van der Waals surface area contributed by atoms with Crippen molar-refractivity contribution in [2.24, 2.45) is 29.1 Å². The number of nitrogens with zero attached hydrogens (tertiary/aromatic N) is 1. The van der Waals surface area contributed by atoms with E-state index in [1.54, 1.807) is 0 Å². The summed E-state index contributed by atoms with van der Waals surface area (Å²) in [4.78, 5) is 12.4. The van der Waals surface area contributed by atoms with Crippen molar-refractivity contribution in [1.29, 1.82) is 5.26 Å². The number of nitriles is 1. The molecule has 4 unspecified atom stereocenters. The van der Waals surface area contributed by atoms with Crippen molar-refractivity contribution in [2.45, 2.75) is 51.0 Å². The number of fused-ring (bicyclic) bond motifs is 5. The van der Waals surface area contributed by atoms with E-state index in [0.717, 1.165) is 49.4 Å². The Kier molecular flexibility index (Phi) is 2.11. The molecule has 18 heavy (non-hydrogen) atoms. The van der Waals surface area contributed by atoms with E-state index < -0.39 is 5.41 Å². The first-order chi connectivity index (χ1) is 8.75. The van der Waals surface area contributed by atoms with Gasteiger partial charge >= 0.3 is 0 Å². The van der Waals surface area contributed by atoms with Crippen molar-refractivity contribution in [3.05, 3.63) is 0 Å². The van der Waals surface area contributed by atoms with E-state index in [1.165, 1.54) is 19.3 Å². The highest BCUT2D eigenvalue weighted by atomic mass is 16.2. The van der Waals surface area contributed by atoms with Crippen LogP contribution in [0.2, 0.25) is 0 Å². The minimum Gasteiger partial charge on any atom is -0.351 e. The molecule has 3 nitrogen and oxygen atoms in total.